The van der Waals surface area contributed by atoms with Crippen molar-refractivity contribution >= 4 is 51.7 Å². The number of sulfonamides is 1. The van der Waals surface area contributed by atoms with E-state index in [0.717, 1.165) is 31.9 Å². The largest absolute Gasteiger partial charge is 0.356 e. The van der Waals surface area contributed by atoms with Gasteiger partial charge in [-0.15, -0.1) is 24.0 Å². The molecular weight excluding hydrogens is 447 g/mol. The van der Waals surface area contributed by atoms with Crippen LogP contribution in [0.4, 0.5) is 0 Å². The second-order valence-corrected chi connectivity index (χ2v) is 9.87. The van der Waals surface area contributed by atoms with E-state index in [0.29, 0.717) is 19.0 Å². The van der Waals surface area contributed by atoms with Crippen LogP contribution in [0.3, 0.4) is 0 Å². The lowest BCUT2D eigenvalue weighted by Crippen LogP contribution is -2.46. The second kappa shape index (κ2) is 10.3. The number of nitrogens with zero attached hydrogens (tertiary/aromatic N) is 2. The van der Waals surface area contributed by atoms with Crippen LogP contribution >= 0.6 is 35.7 Å². The molecule has 2 N–H and O–H groups in total. The van der Waals surface area contributed by atoms with E-state index in [9.17, 15) is 8.42 Å². The zero-order valence-electron chi connectivity index (χ0n) is 14.8. The average molecular weight is 478 g/mol. The molecule has 0 radical (unpaired) electrons. The Morgan fingerprint density at radius 2 is 1.87 bits per heavy atom. The van der Waals surface area contributed by atoms with Gasteiger partial charge < -0.3 is 10.6 Å². The highest BCUT2D eigenvalue weighted by atomic mass is 127. The third kappa shape index (κ3) is 8.78. The van der Waals surface area contributed by atoms with Gasteiger partial charge in [-0.3, -0.25) is 4.99 Å². The first-order valence-electron chi connectivity index (χ1n) is 7.63. The Kier molecular flexibility index (Phi) is 10.4. The van der Waals surface area contributed by atoms with E-state index >= 15 is 0 Å². The predicted octanol–water partition coefficient (Wildman–Crippen LogP) is 1.58. The van der Waals surface area contributed by atoms with E-state index in [4.69, 9.17) is 0 Å². The molecule has 6 nitrogen and oxygen atoms in total. The number of guanidine groups is 1. The SMILES string of the molecule is CN=C(NCC1CCN(S(C)(=O)=O)CC1)NCC(C)(C)SC.I. The predicted molar refractivity (Wildman–Crippen MR) is 112 cm³/mol. The first-order valence-corrected chi connectivity index (χ1v) is 10.7. The zero-order valence-corrected chi connectivity index (χ0v) is 18.7. The van der Waals surface area contributed by atoms with Crippen molar-refractivity contribution in [3.63, 3.8) is 0 Å². The van der Waals surface area contributed by atoms with Crippen LogP contribution in [0, 0.1) is 5.92 Å². The molecule has 0 aromatic rings. The van der Waals surface area contributed by atoms with Crippen LogP contribution in [0.5, 0.6) is 0 Å². The van der Waals surface area contributed by atoms with Crippen LogP contribution in [0.25, 0.3) is 0 Å². The molecule has 0 amide bonds. The van der Waals surface area contributed by atoms with Crippen LogP contribution in [-0.2, 0) is 10.0 Å². The number of thioether (sulfide) groups is 1. The molecule has 0 unspecified atom stereocenters. The molecule has 0 saturated carbocycles. The van der Waals surface area contributed by atoms with Gasteiger partial charge in [0.05, 0.1) is 6.26 Å². The maximum absolute atomic E-state index is 11.5. The lowest BCUT2D eigenvalue weighted by atomic mass is 9.98. The summed E-state index contributed by atoms with van der Waals surface area (Å²) in [5, 5.41) is 6.70. The number of piperidine rings is 1. The number of aliphatic imine (C=N–C) groups is 1. The van der Waals surface area contributed by atoms with E-state index < -0.39 is 10.0 Å². The molecule has 1 fully saturated rings. The lowest BCUT2D eigenvalue weighted by molar-refractivity contribution is 0.275. The van der Waals surface area contributed by atoms with Crippen LogP contribution in [-0.4, -0.2) is 69.2 Å². The molecule has 0 atom stereocenters. The second-order valence-electron chi connectivity index (χ2n) is 6.38. The van der Waals surface area contributed by atoms with Crippen molar-refractivity contribution in [2.75, 3.05) is 45.7 Å². The molecule has 23 heavy (non-hydrogen) atoms. The van der Waals surface area contributed by atoms with Gasteiger partial charge in [0.25, 0.3) is 0 Å². The first kappa shape index (κ1) is 23.3. The van der Waals surface area contributed by atoms with Gasteiger partial charge in [0.15, 0.2) is 5.96 Å². The summed E-state index contributed by atoms with van der Waals surface area (Å²) in [6.45, 7) is 7.31. The third-order valence-electron chi connectivity index (χ3n) is 4.06. The smallest absolute Gasteiger partial charge is 0.211 e. The van der Waals surface area contributed by atoms with Gasteiger partial charge in [0, 0.05) is 38.0 Å². The maximum atomic E-state index is 11.5. The van der Waals surface area contributed by atoms with Crippen LogP contribution < -0.4 is 10.6 Å². The minimum atomic E-state index is -3.04. The van der Waals surface area contributed by atoms with Crippen molar-refractivity contribution in [3.05, 3.63) is 0 Å². The van der Waals surface area contributed by atoms with Crippen molar-refractivity contribution in [1.82, 2.24) is 14.9 Å². The summed E-state index contributed by atoms with van der Waals surface area (Å²) >= 11 is 1.82. The van der Waals surface area contributed by atoms with E-state index in [1.165, 1.54) is 6.26 Å². The van der Waals surface area contributed by atoms with Gasteiger partial charge in [-0.2, -0.15) is 11.8 Å². The molecule has 0 spiro atoms. The van der Waals surface area contributed by atoms with E-state index in [1.807, 2.05) is 11.8 Å². The molecule has 1 rings (SSSR count). The Balaban J connectivity index is 0.00000484. The fourth-order valence-electron chi connectivity index (χ4n) is 2.28. The standard InChI is InChI=1S/C14H30N4O2S2.HI/c1-14(2,21-4)11-17-13(15-3)16-10-12-6-8-18(9-7-12)22(5,19)20;/h12H,6-11H2,1-5H3,(H2,15,16,17);1H. The van der Waals surface area contributed by atoms with Gasteiger partial charge >= 0.3 is 0 Å². The molecule has 0 aliphatic carbocycles. The maximum Gasteiger partial charge on any atom is 0.211 e. The topological polar surface area (TPSA) is 73.8 Å². The number of rotatable bonds is 6. The fraction of sp³-hybridized carbons (Fsp3) is 0.929. The average Bonchev–Trinajstić information content (AvgIpc) is 2.47. The fourth-order valence-corrected chi connectivity index (χ4v) is 3.37. The molecule has 1 saturated heterocycles. The number of hydrogen-bond donors (Lipinski definition) is 2. The van der Waals surface area contributed by atoms with Crippen molar-refractivity contribution in [2.24, 2.45) is 10.9 Å². The van der Waals surface area contributed by atoms with Crippen LogP contribution in [0.1, 0.15) is 26.7 Å². The summed E-state index contributed by atoms with van der Waals surface area (Å²) in [4.78, 5) is 4.24. The van der Waals surface area contributed by atoms with Gasteiger partial charge in [0.2, 0.25) is 10.0 Å². The summed E-state index contributed by atoms with van der Waals surface area (Å²) in [5.74, 6) is 1.30. The van der Waals surface area contributed by atoms with Crippen LogP contribution in [0.2, 0.25) is 0 Å². The number of hydrogen-bond acceptors (Lipinski definition) is 4. The molecule has 1 heterocycles. The Bertz CT molecular complexity index is 475. The van der Waals surface area contributed by atoms with Gasteiger partial charge in [-0.25, -0.2) is 12.7 Å². The quantitative estimate of drug-likeness (QED) is 0.345. The highest BCUT2D eigenvalue weighted by Crippen LogP contribution is 2.20. The molecule has 0 bridgehead atoms. The Labute approximate surface area is 162 Å². The Morgan fingerprint density at radius 1 is 1.30 bits per heavy atom. The first-order chi connectivity index (χ1) is 10.2. The number of halogens is 1. The van der Waals surface area contributed by atoms with Gasteiger partial charge in [-0.05, 0) is 38.9 Å². The molecule has 1 aliphatic heterocycles. The molecule has 138 valence electrons. The van der Waals surface area contributed by atoms with Crippen LogP contribution in [0.15, 0.2) is 4.99 Å². The van der Waals surface area contributed by atoms with E-state index in [1.54, 1.807) is 11.4 Å². The van der Waals surface area contributed by atoms with E-state index in [2.05, 4.69) is 35.7 Å². The summed E-state index contributed by atoms with van der Waals surface area (Å²) < 4.78 is 24.7. The Morgan fingerprint density at radius 3 is 2.30 bits per heavy atom. The highest BCUT2D eigenvalue weighted by molar-refractivity contribution is 14.0. The lowest BCUT2D eigenvalue weighted by Gasteiger charge is -2.31. The van der Waals surface area contributed by atoms with Gasteiger partial charge in [0.1, 0.15) is 0 Å². The van der Waals surface area contributed by atoms with Crippen molar-refractivity contribution in [3.8, 4) is 0 Å². The molecule has 0 aromatic carbocycles. The van der Waals surface area contributed by atoms with Crippen molar-refractivity contribution in [2.45, 2.75) is 31.4 Å². The summed E-state index contributed by atoms with van der Waals surface area (Å²) in [6.07, 6.45) is 5.18. The summed E-state index contributed by atoms with van der Waals surface area (Å²) in [6, 6.07) is 0. The van der Waals surface area contributed by atoms with E-state index in [-0.39, 0.29) is 28.7 Å². The molecular formula is C14H31IN4O2S2. The molecule has 9 heteroatoms. The normalized spacial score (nSPS) is 18.4. The minimum absolute atomic E-state index is 0. The minimum Gasteiger partial charge on any atom is -0.356 e. The number of nitrogens with one attached hydrogen (secondary N) is 2. The zero-order chi connectivity index (χ0) is 16.8. The van der Waals surface area contributed by atoms with Gasteiger partial charge in [-0.1, -0.05) is 0 Å². The monoisotopic (exact) mass is 478 g/mol. The van der Waals surface area contributed by atoms with Crippen molar-refractivity contribution < 1.29 is 8.42 Å². The summed E-state index contributed by atoms with van der Waals surface area (Å²) in [7, 11) is -1.27. The Hall–Kier alpha value is 0.260. The molecule has 1 aliphatic rings. The highest BCUT2D eigenvalue weighted by Gasteiger charge is 2.25. The summed E-state index contributed by atoms with van der Waals surface area (Å²) in [5.41, 5.74) is 0. The third-order valence-corrected chi connectivity index (χ3v) is 6.61. The molecule has 0 aromatic heterocycles. The van der Waals surface area contributed by atoms with Crippen molar-refractivity contribution in [1.29, 1.82) is 0 Å².